The highest BCUT2D eigenvalue weighted by Gasteiger charge is 2.21. The highest BCUT2D eigenvalue weighted by Crippen LogP contribution is 2.32. The number of carbonyl (C=O) groups excluding carboxylic acids is 1. The van der Waals surface area contributed by atoms with Gasteiger partial charge in [0, 0.05) is 0 Å². The minimum Gasteiger partial charge on any atom is -0.462 e. The fourth-order valence-electron chi connectivity index (χ4n) is 1.83. The van der Waals surface area contributed by atoms with Gasteiger partial charge in [0.25, 0.3) is 0 Å². The van der Waals surface area contributed by atoms with Gasteiger partial charge in [-0.25, -0.2) is 4.79 Å². The number of hydrogen-bond donors (Lipinski definition) is 1. The predicted octanol–water partition coefficient (Wildman–Crippen LogP) is 2.14. The molecule has 2 rings (SSSR count). The normalized spacial score (nSPS) is 14.6. The lowest BCUT2D eigenvalue weighted by Crippen LogP contribution is -2.08. The van der Waals surface area contributed by atoms with Crippen LogP contribution in [0.4, 0.5) is 0 Å². The fraction of sp³-hybridized carbons (Fsp3) is 0.500. The lowest BCUT2D eigenvalue weighted by atomic mass is 10.1. The van der Waals surface area contributed by atoms with Crippen molar-refractivity contribution in [3.8, 4) is 0 Å². The van der Waals surface area contributed by atoms with Crippen molar-refractivity contribution in [1.29, 1.82) is 0 Å². The van der Waals surface area contributed by atoms with Crippen LogP contribution < -0.4 is 5.73 Å². The summed E-state index contributed by atoms with van der Waals surface area (Å²) in [5.41, 5.74) is 7.21. The summed E-state index contributed by atoms with van der Waals surface area (Å²) in [6.45, 7) is 1.14. The summed E-state index contributed by atoms with van der Waals surface area (Å²) in [4.78, 5) is 11.7. The summed E-state index contributed by atoms with van der Waals surface area (Å²) >= 11 is 0. The third-order valence-electron chi connectivity index (χ3n) is 3.05. The molecule has 0 unspecified atom stereocenters. The zero-order chi connectivity index (χ0) is 12.1. The lowest BCUT2D eigenvalue weighted by Gasteiger charge is -2.05. The Morgan fingerprint density at radius 3 is 2.94 bits per heavy atom. The van der Waals surface area contributed by atoms with Gasteiger partial charge in [-0.15, -0.1) is 0 Å². The monoisotopic (exact) mass is 233 g/mol. The third kappa shape index (κ3) is 3.86. The minimum absolute atomic E-state index is 0.218. The van der Waals surface area contributed by atoms with E-state index in [9.17, 15) is 4.79 Å². The van der Waals surface area contributed by atoms with Crippen LogP contribution >= 0.6 is 0 Å². The van der Waals surface area contributed by atoms with Crippen molar-refractivity contribution in [3.63, 3.8) is 0 Å². The molecule has 1 aromatic carbocycles. The van der Waals surface area contributed by atoms with Crippen molar-refractivity contribution >= 4 is 5.97 Å². The predicted molar refractivity (Wildman–Crippen MR) is 66.8 cm³/mol. The van der Waals surface area contributed by atoms with Gasteiger partial charge in [-0.3, -0.25) is 0 Å². The van der Waals surface area contributed by atoms with Crippen LogP contribution in [-0.2, 0) is 11.2 Å². The maximum absolute atomic E-state index is 11.7. The molecule has 0 aromatic heterocycles. The molecule has 1 aliphatic rings. The molecule has 1 aromatic rings. The van der Waals surface area contributed by atoms with Gasteiger partial charge in [-0.2, -0.15) is 0 Å². The molecule has 0 spiro atoms. The fourth-order valence-corrected chi connectivity index (χ4v) is 1.83. The molecule has 2 N–H and O–H groups in total. The highest BCUT2D eigenvalue weighted by molar-refractivity contribution is 5.89. The largest absolute Gasteiger partial charge is 0.462 e. The van der Waals surface area contributed by atoms with Crippen LogP contribution in [-0.4, -0.2) is 19.1 Å². The Morgan fingerprint density at radius 1 is 1.41 bits per heavy atom. The zero-order valence-electron chi connectivity index (χ0n) is 10.0. The third-order valence-corrected chi connectivity index (χ3v) is 3.05. The topological polar surface area (TPSA) is 52.3 Å². The zero-order valence-corrected chi connectivity index (χ0v) is 10.0. The number of benzene rings is 1. The van der Waals surface area contributed by atoms with Gasteiger partial charge in [0.05, 0.1) is 12.2 Å². The standard InChI is InChI=1S/C14H19NO2/c15-8-6-12-2-1-3-13(10-12)14(16)17-9-7-11-4-5-11/h1-3,10-11H,4-9,15H2. The van der Waals surface area contributed by atoms with E-state index in [1.165, 1.54) is 12.8 Å². The molecule has 0 saturated heterocycles. The second-order valence-corrected chi connectivity index (χ2v) is 4.61. The van der Waals surface area contributed by atoms with Gasteiger partial charge in [-0.05, 0) is 43.0 Å². The molecule has 0 amide bonds. The average molecular weight is 233 g/mol. The van der Waals surface area contributed by atoms with E-state index in [1.54, 1.807) is 6.07 Å². The summed E-state index contributed by atoms with van der Waals surface area (Å²) in [5, 5.41) is 0. The Balaban J connectivity index is 1.85. The van der Waals surface area contributed by atoms with Crippen LogP contribution in [0.25, 0.3) is 0 Å². The quantitative estimate of drug-likeness (QED) is 0.766. The van der Waals surface area contributed by atoms with Crippen LogP contribution in [0.2, 0.25) is 0 Å². The van der Waals surface area contributed by atoms with Crippen molar-refractivity contribution in [2.75, 3.05) is 13.2 Å². The number of hydrogen-bond acceptors (Lipinski definition) is 3. The first-order valence-electron chi connectivity index (χ1n) is 6.25. The summed E-state index contributed by atoms with van der Waals surface area (Å²) in [6.07, 6.45) is 4.39. The molecule has 1 fully saturated rings. The molecule has 92 valence electrons. The van der Waals surface area contributed by atoms with E-state index in [4.69, 9.17) is 10.5 Å². The maximum Gasteiger partial charge on any atom is 0.338 e. The average Bonchev–Trinajstić information content (AvgIpc) is 3.14. The number of esters is 1. The molecule has 0 aliphatic heterocycles. The maximum atomic E-state index is 11.7. The second-order valence-electron chi connectivity index (χ2n) is 4.61. The van der Waals surface area contributed by atoms with Crippen LogP contribution in [0.5, 0.6) is 0 Å². The lowest BCUT2D eigenvalue weighted by molar-refractivity contribution is 0.0495. The van der Waals surface area contributed by atoms with E-state index < -0.39 is 0 Å². The van der Waals surface area contributed by atoms with Crippen molar-refractivity contribution in [2.45, 2.75) is 25.7 Å². The van der Waals surface area contributed by atoms with E-state index in [0.717, 1.165) is 24.3 Å². The van der Waals surface area contributed by atoms with Crippen molar-refractivity contribution in [1.82, 2.24) is 0 Å². The summed E-state index contributed by atoms with van der Waals surface area (Å²) in [5.74, 6) is 0.580. The van der Waals surface area contributed by atoms with E-state index in [1.807, 2.05) is 18.2 Å². The Morgan fingerprint density at radius 2 is 2.24 bits per heavy atom. The van der Waals surface area contributed by atoms with E-state index in [0.29, 0.717) is 18.7 Å². The van der Waals surface area contributed by atoms with Gasteiger partial charge in [0.1, 0.15) is 0 Å². The highest BCUT2D eigenvalue weighted by atomic mass is 16.5. The number of rotatable bonds is 6. The summed E-state index contributed by atoms with van der Waals surface area (Å²) in [7, 11) is 0. The molecule has 0 atom stereocenters. The smallest absolute Gasteiger partial charge is 0.338 e. The molecule has 3 heteroatoms. The van der Waals surface area contributed by atoms with E-state index in [2.05, 4.69) is 0 Å². The van der Waals surface area contributed by atoms with Crippen molar-refractivity contribution < 1.29 is 9.53 Å². The van der Waals surface area contributed by atoms with Crippen LogP contribution in [0.15, 0.2) is 24.3 Å². The molecule has 0 heterocycles. The Labute approximate surface area is 102 Å². The number of nitrogens with two attached hydrogens (primary N) is 1. The molecular weight excluding hydrogens is 214 g/mol. The molecule has 0 radical (unpaired) electrons. The summed E-state index contributed by atoms with van der Waals surface area (Å²) < 4.78 is 5.24. The van der Waals surface area contributed by atoms with Gasteiger partial charge < -0.3 is 10.5 Å². The van der Waals surface area contributed by atoms with Gasteiger partial charge in [-0.1, -0.05) is 25.0 Å². The van der Waals surface area contributed by atoms with Crippen LogP contribution in [0.3, 0.4) is 0 Å². The van der Waals surface area contributed by atoms with Gasteiger partial charge in [0.2, 0.25) is 0 Å². The van der Waals surface area contributed by atoms with Crippen LogP contribution in [0, 0.1) is 5.92 Å². The van der Waals surface area contributed by atoms with E-state index >= 15 is 0 Å². The first-order chi connectivity index (χ1) is 8.29. The Kier molecular flexibility index (Phi) is 4.15. The minimum atomic E-state index is -0.218. The number of ether oxygens (including phenoxy) is 1. The first kappa shape index (κ1) is 12.1. The Bertz CT molecular complexity index is 386. The number of carbonyl (C=O) groups is 1. The van der Waals surface area contributed by atoms with Crippen LogP contribution in [0.1, 0.15) is 35.2 Å². The first-order valence-corrected chi connectivity index (χ1v) is 6.25. The SMILES string of the molecule is NCCc1cccc(C(=O)OCCC2CC2)c1. The molecule has 0 bridgehead atoms. The molecule has 3 nitrogen and oxygen atoms in total. The van der Waals surface area contributed by atoms with Gasteiger partial charge >= 0.3 is 5.97 Å². The van der Waals surface area contributed by atoms with Crippen molar-refractivity contribution in [3.05, 3.63) is 35.4 Å². The van der Waals surface area contributed by atoms with E-state index in [-0.39, 0.29) is 5.97 Å². The molecular formula is C14H19NO2. The molecule has 1 aliphatic carbocycles. The van der Waals surface area contributed by atoms with Gasteiger partial charge in [0.15, 0.2) is 0 Å². The summed E-state index contributed by atoms with van der Waals surface area (Å²) in [6, 6.07) is 7.52. The second kappa shape index (κ2) is 5.82. The molecule has 17 heavy (non-hydrogen) atoms. The Hall–Kier alpha value is -1.35. The van der Waals surface area contributed by atoms with Crippen molar-refractivity contribution in [2.24, 2.45) is 11.7 Å². The molecule has 1 saturated carbocycles.